The highest BCUT2D eigenvalue weighted by Gasteiger charge is 2.26. The van der Waals surface area contributed by atoms with Crippen LogP contribution in [0, 0.1) is 5.92 Å². The third-order valence-corrected chi connectivity index (χ3v) is 5.06. The van der Waals surface area contributed by atoms with Gasteiger partial charge in [-0.2, -0.15) is 0 Å². The molecule has 1 aliphatic rings. The lowest BCUT2D eigenvalue weighted by Gasteiger charge is -2.16. The van der Waals surface area contributed by atoms with Gasteiger partial charge in [-0.15, -0.1) is 0 Å². The number of benzene rings is 2. The van der Waals surface area contributed by atoms with Crippen molar-refractivity contribution in [3.05, 3.63) is 46.5 Å². The molecule has 2 unspecified atom stereocenters. The van der Waals surface area contributed by atoms with Crippen LogP contribution in [0.5, 0.6) is 0 Å². The maximum atomic E-state index is 12.8. The molecule has 27 heavy (non-hydrogen) atoms. The van der Waals surface area contributed by atoms with Crippen LogP contribution in [0.2, 0.25) is 0 Å². The molecule has 1 fully saturated rings. The highest BCUT2D eigenvalue weighted by molar-refractivity contribution is 6.21. The second-order valence-corrected chi connectivity index (χ2v) is 6.93. The molecule has 1 amide bonds. The van der Waals surface area contributed by atoms with E-state index in [1.165, 1.54) is 24.3 Å². The smallest absolute Gasteiger partial charge is 0.336 e. The van der Waals surface area contributed by atoms with Gasteiger partial charge in [0.25, 0.3) is 5.91 Å². The summed E-state index contributed by atoms with van der Waals surface area (Å²) < 4.78 is 0. The van der Waals surface area contributed by atoms with Crippen LogP contribution in [0.3, 0.4) is 0 Å². The summed E-state index contributed by atoms with van der Waals surface area (Å²) in [6.07, 6.45) is 3.13. The Kier molecular flexibility index (Phi) is 4.94. The highest BCUT2D eigenvalue weighted by atomic mass is 16.4. The number of hydrogen-bond acceptors (Lipinski definition) is 4. The maximum Gasteiger partial charge on any atom is 0.336 e. The fraction of sp³-hybridized carbons (Fsp3) is 0.300. The van der Waals surface area contributed by atoms with Gasteiger partial charge in [0.15, 0.2) is 6.29 Å². The number of carboxylic acids is 2. The summed E-state index contributed by atoms with van der Waals surface area (Å²) in [5, 5.41) is 21.8. The van der Waals surface area contributed by atoms with Gasteiger partial charge in [-0.05, 0) is 43.4 Å². The first-order valence-electron chi connectivity index (χ1n) is 8.65. The Morgan fingerprint density at radius 3 is 2.11 bits per heavy atom. The molecule has 7 heteroatoms. The van der Waals surface area contributed by atoms with E-state index in [0.717, 1.165) is 19.3 Å². The van der Waals surface area contributed by atoms with Gasteiger partial charge in [0.05, 0.1) is 11.1 Å². The molecule has 7 nitrogen and oxygen atoms in total. The molecular weight excluding hydrogens is 350 g/mol. The van der Waals surface area contributed by atoms with Gasteiger partial charge in [0, 0.05) is 27.9 Å². The van der Waals surface area contributed by atoms with E-state index < -0.39 is 17.8 Å². The third kappa shape index (κ3) is 3.40. The van der Waals surface area contributed by atoms with Gasteiger partial charge in [-0.1, -0.05) is 13.0 Å². The molecule has 0 spiro atoms. The van der Waals surface area contributed by atoms with Crippen molar-refractivity contribution in [1.29, 1.82) is 0 Å². The number of hydrogen-bond donors (Lipinski definition) is 3. The number of carbonyl (C=O) groups is 4. The van der Waals surface area contributed by atoms with E-state index >= 15 is 0 Å². The number of aldehydes is 1. The second kappa shape index (κ2) is 7.19. The van der Waals surface area contributed by atoms with Gasteiger partial charge in [-0.3, -0.25) is 9.59 Å². The molecule has 3 rings (SSSR count). The van der Waals surface area contributed by atoms with Gasteiger partial charge in [-0.25, -0.2) is 9.59 Å². The minimum Gasteiger partial charge on any atom is -0.478 e. The van der Waals surface area contributed by atoms with E-state index in [1.54, 1.807) is 0 Å². The normalized spacial score (nSPS) is 19.0. The lowest BCUT2D eigenvalue weighted by atomic mass is 9.91. The monoisotopic (exact) mass is 369 g/mol. The standard InChI is InChI=1S/C20H19NO6/c1-10-2-4-12(8-10)21-18(23)13-6-7-14(19(24)25)16-11(9-22)3-5-15(17(13)16)20(26)27/h3,5-7,9-10,12H,2,4,8H2,1H3,(H,21,23)(H,24,25)(H,26,27). The highest BCUT2D eigenvalue weighted by Crippen LogP contribution is 2.31. The van der Waals surface area contributed by atoms with Crippen LogP contribution < -0.4 is 5.32 Å². The largest absolute Gasteiger partial charge is 0.478 e. The van der Waals surface area contributed by atoms with Crippen molar-refractivity contribution in [1.82, 2.24) is 5.32 Å². The summed E-state index contributed by atoms with van der Waals surface area (Å²) in [5.41, 5.74) is -0.364. The first-order valence-corrected chi connectivity index (χ1v) is 8.65. The number of carboxylic acid groups (broad SMARTS) is 2. The van der Waals surface area contributed by atoms with Gasteiger partial charge >= 0.3 is 11.9 Å². The number of amides is 1. The Morgan fingerprint density at radius 1 is 0.963 bits per heavy atom. The molecule has 0 heterocycles. The number of aromatic carboxylic acids is 2. The second-order valence-electron chi connectivity index (χ2n) is 6.93. The zero-order chi connectivity index (χ0) is 19.7. The first-order chi connectivity index (χ1) is 12.8. The minimum atomic E-state index is -1.30. The van der Waals surface area contributed by atoms with Crippen molar-refractivity contribution in [2.45, 2.75) is 32.2 Å². The molecule has 0 radical (unpaired) electrons. The molecule has 2 aromatic rings. The van der Waals surface area contributed by atoms with Crippen molar-refractivity contribution in [3.8, 4) is 0 Å². The fourth-order valence-corrected chi connectivity index (χ4v) is 3.77. The Morgan fingerprint density at radius 2 is 1.56 bits per heavy atom. The number of carbonyl (C=O) groups excluding carboxylic acids is 2. The van der Waals surface area contributed by atoms with E-state index in [1.807, 2.05) is 0 Å². The number of nitrogens with one attached hydrogen (secondary N) is 1. The lowest BCUT2D eigenvalue weighted by Crippen LogP contribution is -2.33. The average molecular weight is 369 g/mol. The van der Waals surface area contributed by atoms with Crippen LogP contribution in [-0.2, 0) is 0 Å². The topological polar surface area (TPSA) is 121 Å². The van der Waals surface area contributed by atoms with E-state index in [-0.39, 0.29) is 39.1 Å². The van der Waals surface area contributed by atoms with Crippen LogP contribution in [0.1, 0.15) is 67.6 Å². The van der Waals surface area contributed by atoms with Crippen LogP contribution in [0.25, 0.3) is 10.8 Å². The van der Waals surface area contributed by atoms with Crippen molar-refractivity contribution in [3.63, 3.8) is 0 Å². The first kappa shape index (κ1) is 18.6. The van der Waals surface area contributed by atoms with Crippen LogP contribution >= 0.6 is 0 Å². The average Bonchev–Trinajstić information content (AvgIpc) is 3.03. The van der Waals surface area contributed by atoms with Crippen LogP contribution in [0.4, 0.5) is 0 Å². The van der Waals surface area contributed by atoms with Crippen molar-refractivity contribution in [2.24, 2.45) is 5.92 Å². The lowest BCUT2D eigenvalue weighted by molar-refractivity contribution is 0.0686. The van der Waals surface area contributed by atoms with E-state index in [9.17, 15) is 29.4 Å². The fourth-order valence-electron chi connectivity index (χ4n) is 3.77. The summed E-state index contributed by atoms with van der Waals surface area (Å²) in [6.45, 7) is 2.10. The molecule has 140 valence electrons. The van der Waals surface area contributed by atoms with Crippen molar-refractivity contribution >= 4 is 34.9 Å². The van der Waals surface area contributed by atoms with Gasteiger partial charge in [0.1, 0.15) is 0 Å². The Hall–Kier alpha value is -3.22. The predicted octanol–water partition coefficient (Wildman–Crippen LogP) is 2.97. The van der Waals surface area contributed by atoms with Crippen LogP contribution in [0.15, 0.2) is 24.3 Å². The molecule has 0 aliphatic heterocycles. The summed E-state index contributed by atoms with van der Waals surface area (Å²) in [6, 6.07) is 5.00. The maximum absolute atomic E-state index is 12.8. The van der Waals surface area contributed by atoms with Gasteiger partial charge in [0.2, 0.25) is 0 Å². The molecule has 0 bridgehead atoms. The molecule has 3 N–H and O–H groups in total. The molecule has 1 aliphatic carbocycles. The molecule has 0 aromatic heterocycles. The summed E-state index contributed by atoms with van der Waals surface area (Å²) >= 11 is 0. The third-order valence-electron chi connectivity index (χ3n) is 5.06. The zero-order valence-electron chi connectivity index (χ0n) is 14.7. The van der Waals surface area contributed by atoms with E-state index in [2.05, 4.69) is 12.2 Å². The van der Waals surface area contributed by atoms with Crippen molar-refractivity contribution in [2.75, 3.05) is 0 Å². The van der Waals surface area contributed by atoms with Gasteiger partial charge < -0.3 is 15.5 Å². The molecule has 2 aromatic carbocycles. The summed E-state index contributed by atoms with van der Waals surface area (Å²) in [7, 11) is 0. The summed E-state index contributed by atoms with van der Waals surface area (Å²) in [5.74, 6) is -2.58. The van der Waals surface area contributed by atoms with E-state index in [4.69, 9.17) is 0 Å². The Labute approximate surface area is 155 Å². The van der Waals surface area contributed by atoms with Crippen molar-refractivity contribution < 1.29 is 29.4 Å². The van der Waals surface area contributed by atoms with Crippen LogP contribution in [-0.4, -0.2) is 40.4 Å². The molecule has 1 saturated carbocycles. The predicted molar refractivity (Wildman–Crippen MR) is 97.5 cm³/mol. The summed E-state index contributed by atoms with van der Waals surface area (Å²) in [4.78, 5) is 47.6. The Balaban J connectivity index is 2.22. The molecular formula is C20H19NO6. The number of rotatable bonds is 5. The molecule has 0 saturated heterocycles. The van der Waals surface area contributed by atoms with E-state index in [0.29, 0.717) is 12.2 Å². The minimum absolute atomic E-state index is 0.00997. The molecule has 2 atom stereocenters. The number of fused-ring (bicyclic) bond motifs is 1. The quantitative estimate of drug-likeness (QED) is 0.697. The zero-order valence-corrected chi connectivity index (χ0v) is 14.7. The SMILES string of the molecule is CC1CCC(NC(=O)c2ccc(C(=O)O)c3c(C=O)ccc(C(=O)O)c23)C1. The Bertz CT molecular complexity index is 965.